The first-order valence-electron chi connectivity index (χ1n) is 9.54. The van der Waals surface area contributed by atoms with Crippen molar-refractivity contribution in [1.82, 2.24) is 19.9 Å². The van der Waals surface area contributed by atoms with Crippen LogP contribution in [0, 0.1) is 0 Å². The molecule has 3 aliphatic heterocycles. The molecule has 2 aromatic heterocycles. The molecule has 7 nitrogen and oxygen atoms in total. The van der Waals surface area contributed by atoms with Crippen LogP contribution >= 0.6 is 0 Å². The van der Waals surface area contributed by atoms with Crippen LogP contribution in [0.15, 0.2) is 30.7 Å². The largest absolute Gasteiger partial charge is 0.341 e. The van der Waals surface area contributed by atoms with Crippen molar-refractivity contribution >= 4 is 15.8 Å². The highest BCUT2D eigenvalue weighted by Gasteiger charge is 2.47. The SMILES string of the molecule is O=S1(=O)Cc2cnc(N3CCCC3)nc2[C@@H]2CN(Cc3cccnc3)C[C@@H]21. The molecule has 0 aliphatic carbocycles. The predicted molar refractivity (Wildman–Crippen MR) is 102 cm³/mol. The molecule has 5 heterocycles. The van der Waals surface area contributed by atoms with Crippen LogP contribution in [-0.2, 0) is 22.1 Å². The Labute approximate surface area is 159 Å². The summed E-state index contributed by atoms with van der Waals surface area (Å²) in [5.41, 5.74) is 2.83. The predicted octanol–water partition coefficient (Wildman–Crippen LogP) is 1.37. The van der Waals surface area contributed by atoms with Gasteiger partial charge in [-0.2, -0.15) is 0 Å². The van der Waals surface area contributed by atoms with Gasteiger partial charge in [-0.25, -0.2) is 18.4 Å². The first-order chi connectivity index (χ1) is 13.1. The molecule has 0 aromatic carbocycles. The van der Waals surface area contributed by atoms with Gasteiger partial charge in [0.1, 0.15) is 0 Å². The zero-order valence-corrected chi connectivity index (χ0v) is 16.0. The molecule has 0 N–H and O–H groups in total. The molecule has 3 aliphatic rings. The average molecular weight is 385 g/mol. The number of sulfone groups is 1. The molecular formula is C19H23N5O2S. The van der Waals surface area contributed by atoms with Gasteiger partial charge in [-0.3, -0.25) is 9.88 Å². The standard InChI is InChI=1S/C19H23N5O2S/c25-27(26)13-15-9-21-19(24-6-1-2-7-24)22-18(15)16-11-23(12-17(16)27)10-14-4-3-5-20-8-14/h3-5,8-9,16-17H,1-2,6-7,10-13H2/t16-,17+/m1/s1. The summed E-state index contributed by atoms with van der Waals surface area (Å²) in [7, 11) is -3.18. The molecule has 0 amide bonds. The van der Waals surface area contributed by atoms with Crippen molar-refractivity contribution in [3.8, 4) is 0 Å². The average Bonchev–Trinajstić information content (AvgIpc) is 3.33. The Hall–Kier alpha value is -2.06. The highest BCUT2D eigenvalue weighted by molar-refractivity contribution is 7.91. The van der Waals surface area contributed by atoms with Gasteiger partial charge in [0.25, 0.3) is 0 Å². The van der Waals surface area contributed by atoms with E-state index in [1.807, 2.05) is 18.3 Å². The molecule has 0 radical (unpaired) electrons. The minimum atomic E-state index is -3.18. The van der Waals surface area contributed by atoms with E-state index < -0.39 is 9.84 Å². The lowest BCUT2D eigenvalue weighted by molar-refractivity contribution is 0.326. The Kier molecular flexibility index (Phi) is 4.12. The topological polar surface area (TPSA) is 79.3 Å². The number of aromatic nitrogens is 3. The third-order valence-electron chi connectivity index (χ3n) is 5.91. The van der Waals surface area contributed by atoms with Gasteiger partial charge in [-0.1, -0.05) is 6.07 Å². The monoisotopic (exact) mass is 385 g/mol. The summed E-state index contributed by atoms with van der Waals surface area (Å²) in [4.78, 5) is 17.9. The number of rotatable bonds is 3. The van der Waals surface area contributed by atoms with Gasteiger partial charge in [0.15, 0.2) is 9.84 Å². The number of likely N-dealkylation sites (tertiary alicyclic amines) is 1. The Morgan fingerprint density at radius 2 is 2.00 bits per heavy atom. The molecule has 0 unspecified atom stereocenters. The zero-order valence-electron chi connectivity index (χ0n) is 15.2. The Bertz CT molecular complexity index is 944. The number of hydrogen-bond donors (Lipinski definition) is 0. The van der Waals surface area contributed by atoms with Gasteiger partial charge in [0.2, 0.25) is 5.95 Å². The van der Waals surface area contributed by atoms with Gasteiger partial charge < -0.3 is 4.90 Å². The lowest BCUT2D eigenvalue weighted by Gasteiger charge is -2.27. The third-order valence-corrected chi connectivity index (χ3v) is 8.03. The lowest BCUT2D eigenvalue weighted by atomic mass is 10.00. The maximum Gasteiger partial charge on any atom is 0.225 e. The Morgan fingerprint density at radius 3 is 2.78 bits per heavy atom. The van der Waals surface area contributed by atoms with Crippen molar-refractivity contribution < 1.29 is 8.42 Å². The molecule has 2 saturated heterocycles. The summed E-state index contributed by atoms with van der Waals surface area (Å²) in [6, 6.07) is 3.95. The Balaban J connectivity index is 1.46. The summed E-state index contributed by atoms with van der Waals surface area (Å²) in [5, 5.41) is -0.372. The molecule has 5 rings (SSSR count). The lowest BCUT2D eigenvalue weighted by Crippen LogP contribution is -2.35. The van der Waals surface area contributed by atoms with E-state index in [0.29, 0.717) is 13.1 Å². The minimum absolute atomic E-state index is 0.0600. The van der Waals surface area contributed by atoms with Crippen LogP contribution in [0.25, 0.3) is 0 Å². The molecule has 8 heteroatoms. The smallest absolute Gasteiger partial charge is 0.225 e. The summed E-state index contributed by atoms with van der Waals surface area (Å²) >= 11 is 0. The molecule has 142 valence electrons. The third kappa shape index (κ3) is 3.10. The summed E-state index contributed by atoms with van der Waals surface area (Å²) in [6.45, 7) is 3.96. The van der Waals surface area contributed by atoms with Crippen LogP contribution in [0.3, 0.4) is 0 Å². The first kappa shape index (κ1) is 17.1. The van der Waals surface area contributed by atoms with E-state index in [0.717, 1.165) is 42.4 Å². The van der Waals surface area contributed by atoms with Crippen LogP contribution in [0.5, 0.6) is 0 Å². The highest BCUT2D eigenvalue weighted by Crippen LogP contribution is 2.40. The van der Waals surface area contributed by atoms with E-state index in [4.69, 9.17) is 4.98 Å². The van der Waals surface area contributed by atoms with Gasteiger partial charge >= 0.3 is 0 Å². The summed E-state index contributed by atoms with van der Waals surface area (Å²) in [6.07, 6.45) is 7.68. The van der Waals surface area contributed by atoms with Crippen LogP contribution in [0.1, 0.15) is 35.6 Å². The van der Waals surface area contributed by atoms with Crippen LogP contribution in [0.2, 0.25) is 0 Å². The second-order valence-electron chi connectivity index (χ2n) is 7.78. The van der Waals surface area contributed by atoms with Gasteiger partial charge in [0, 0.05) is 62.8 Å². The molecule has 2 aromatic rings. The van der Waals surface area contributed by atoms with Crippen molar-refractivity contribution in [3.63, 3.8) is 0 Å². The summed E-state index contributed by atoms with van der Waals surface area (Å²) < 4.78 is 25.7. The highest BCUT2D eigenvalue weighted by atomic mass is 32.2. The van der Waals surface area contributed by atoms with E-state index in [1.165, 1.54) is 12.8 Å². The number of pyridine rings is 1. The number of anilines is 1. The molecule has 0 bridgehead atoms. The van der Waals surface area contributed by atoms with E-state index in [-0.39, 0.29) is 16.9 Å². The molecule has 0 spiro atoms. The van der Waals surface area contributed by atoms with E-state index >= 15 is 0 Å². The molecule has 2 atom stereocenters. The van der Waals surface area contributed by atoms with Crippen molar-refractivity contribution in [3.05, 3.63) is 47.5 Å². The van der Waals surface area contributed by atoms with E-state index in [9.17, 15) is 8.42 Å². The van der Waals surface area contributed by atoms with Gasteiger partial charge in [0.05, 0.1) is 16.7 Å². The number of nitrogens with zero attached hydrogens (tertiary/aromatic N) is 5. The van der Waals surface area contributed by atoms with Gasteiger partial charge in [-0.05, 0) is 24.5 Å². The molecule has 0 saturated carbocycles. The fourth-order valence-electron chi connectivity index (χ4n) is 4.59. The fourth-order valence-corrected chi connectivity index (χ4v) is 6.62. The van der Waals surface area contributed by atoms with E-state index in [1.54, 1.807) is 12.4 Å². The van der Waals surface area contributed by atoms with Crippen molar-refractivity contribution in [2.24, 2.45) is 0 Å². The van der Waals surface area contributed by atoms with Crippen LogP contribution < -0.4 is 4.90 Å². The van der Waals surface area contributed by atoms with Crippen molar-refractivity contribution in [2.45, 2.75) is 36.3 Å². The van der Waals surface area contributed by atoms with Crippen molar-refractivity contribution in [2.75, 3.05) is 31.1 Å². The fraction of sp³-hybridized carbons (Fsp3) is 0.526. The molecule has 27 heavy (non-hydrogen) atoms. The molecule has 2 fully saturated rings. The Morgan fingerprint density at radius 1 is 1.15 bits per heavy atom. The second-order valence-corrected chi connectivity index (χ2v) is 10.0. The van der Waals surface area contributed by atoms with Crippen LogP contribution in [-0.4, -0.2) is 59.7 Å². The quantitative estimate of drug-likeness (QED) is 0.789. The van der Waals surface area contributed by atoms with E-state index in [2.05, 4.69) is 19.8 Å². The summed E-state index contributed by atoms with van der Waals surface area (Å²) in [5.74, 6) is 0.750. The number of fused-ring (bicyclic) bond motifs is 3. The van der Waals surface area contributed by atoms with Crippen molar-refractivity contribution in [1.29, 1.82) is 0 Å². The van der Waals surface area contributed by atoms with Gasteiger partial charge in [-0.15, -0.1) is 0 Å². The van der Waals surface area contributed by atoms with Crippen LogP contribution in [0.4, 0.5) is 5.95 Å². The maximum atomic E-state index is 12.9. The minimum Gasteiger partial charge on any atom is -0.341 e. The first-order valence-corrected chi connectivity index (χ1v) is 11.3. The molecular weight excluding hydrogens is 362 g/mol. The number of hydrogen-bond acceptors (Lipinski definition) is 7. The zero-order chi connectivity index (χ0) is 18.4. The second kappa shape index (κ2) is 6.53. The normalized spacial score (nSPS) is 26.7. The maximum absolute atomic E-state index is 12.9.